The summed E-state index contributed by atoms with van der Waals surface area (Å²) in [4.78, 5) is 14.3. The Morgan fingerprint density at radius 2 is 2.16 bits per heavy atom. The molecule has 3 aromatic rings. The zero-order chi connectivity index (χ0) is 17.2. The molecule has 0 unspecified atom stereocenters. The molecule has 0 saturated heterocycles. The molecule has 0 radical (unpaired) electrons. The number of hydrogen-bond donors (Lipinski definition) is 1. The maximum atomic E-state index is 12.6. The van der Waals surface area contributed by atoms with Crippen LogP contribution in [0, 0.1) is 0 Å². The number of carbonyl (C=O) groups is 1. The van der Waals surface area contributed by atoms with E-state index in [1.165, 1.54) is 22.7 Å². The highest BCUT2D eigenvalue weighted by Crippen LogP contribution is 2.42. The van der Waals surface area contributed by atoms with Crippen molar-refractivity contribution in [3.05, 3.63) is 45.8 Å². The molecule has 2 aromatic heterocycles. The van der Waals surface area contributed by atoms with Crippen LogP contribution in [-0.4, -0.2) is 16.1 Å². The van der Waals surface area contributed by atoms with Gasteiger partial charge in [0.25, 0.3) is 5.91 Å². The first-order valence-electron chi connectivity index (χ1n) is 8.23. The molecule has 0 spiro atoms. The number of hydrogen-bond acceptors (Lipinski definition) is 6. The Labute approximate surface area is 153 Å². The lowest BCUT2D eigenvalue weighted by molar-refractivity contribution is 0.103. The summed E-state index contributed by atoms with van der Waals surface area (Å²) in [5.74, 6) is 0.726. The van der Waals surface area contributed by atoms with Gasteiger partial charge in [0.2, 0.25) is 5.13 Å². The summed E-state index contributed by atoms with van der Waals surface area (Å²) in [5, 5.41) is 12.6. The molecule has 0 aliphatic carbocycles. The van der Waals surface area contributed by atoms with Crippen LogP contribution in [0.2, 0.25) is 0 Å². The van der Waals surface area contributed by atoms with Crippen molar-refractivity contribution in [2.45, 2.75) is 32.8 Å². The molecule has 25 heavy (non-hydrogen) atoms. The first-order valence-corrected chi connectivity index (χ1v) is 9.86. The molecule has 0 bridgehead atoms. The average Bonchev–Trinajstić information content (AvgIpc) is 3.26. The largest absolute Gasteiger partial charge is 0.488 e. The van der Waals surface area contributed by atoms with Crippen molar-refractivity contribution in [1.82, 2.24) is 10.2 Å². The number of amides is 1. The van der Waals surface area contributed by atoms with Gasteiger partial charge in [0.05, 0.1) is 4.88 Å². The molecule has 4 rings (SSSR count). The summed E-state index contributed by atoms with van der Waals surface area (Å²) in [6, 6.07) is 9.82. The minimum absolute atomic E-state index is 0.143. The van der Waals surface area contributed by atoms with Gasteiger partial charge in [0.15, 0.2) is 0 Å². The number of fused-ring (bicyclic) bond motifs is 3. The maximum Gasteiger partial charge on any atom is 0.267 e. The Balaban J connectivity index is 1.52. The van der Waals surface area contributed by atoms with E-state index in [1.54, 1.807) is 0 Å². The number of nitrogens with zero attached hydrogens (tertiary/aromatic N) is 2. The minimum Gasteiger partial charge on any atom is -0.488 e. The third-order valence-electron chi connectivity index (χ3n) is 3.98. The Kier molecular flexibility index (Phi) is 4.50. The molecule has 1 aromatic carbocycles. The fraction of sp³-hybridized carbons (Fsp3) is 0.278. The highest BCUT2D eigenvalue weighted by Gasteiger charge is 2.22. The van der Waals surface area contributed by atoms with Gasteiger partial charge in [-0.3, -0.25) is 10.1 Å². The van der Waals surface area contributed by atoms with E-state index in [2.05, 4.69) is 22.4 Å². The Morgan fingerprint density at radius 3 is 3.04 bits per heavy atom. The maximum absolute atomic E-state index is 12.6. The summed E-state index contributed by atoms with van der Waals surface area (Å²) in [5.41, 5.74) is 2.10. The molecule has 1 aliphatic rings. The molecule has 0 saturated carbocycles. The van der Waals surface area contributed by atoms with E-state index in [9.17, 15) is 4.79 Å². The van der Waals surface area contributed by atoms with Gasteiger partial charge in [-0.15, -0.1) is 21.5 Å². The van der Waals surface area contributed by atoms with Crippen LogP contribution in [0.25, 0.3) is 10.4 Å². The highest BCUT2D eigenvalue weighted by molar-refractivity contribution is 7.18. The van der Waals surface area contributed by atoms with Gasteiger partial charge in [-0.25, -0.2) is 0 Å². The van der Waals surface area contributed by atoms with Gasteiger partial charge in [0.1, 0.15) is 17.4 Å². The van der Waals surface area contributed by atoms with Crippen LogP contribution in [0.3, 0.4) is 0 Å². The van der Waals surface area contributed by atoms with E-state index >= 15 is 0 Å². The molecule has 0 atom stereocenters. The average molecular weight is 371 g/mol. The molecule has 5 nitrogen and oxygen atoms in total. The first kappa shape index (κ1) is 16.2. The van der Waals surface area contributed by atoms with Crippen LogP contribution in [0.5, 0.6) is 5.75 Å². The minimum atomic E-state index is -0.143. The summed E-state index contributed by atoms with van der Waals surface area (Å²) < 4.78 is 5.76. The lowest BCUT2D eigenvalue weighted by Crippen LogP contribution is -2.09. The molecule has 1 amide bonds. The summed E-state index contributed by atoms with van der Waals surface area (Å²) in [7, 11) is 0. The molecular weight excluding hydrogens is 354 g/mol. The molecule has 1 N–H and O–H groups in total. The number of aryl methyl sites for hydroxylation is 1. The number of benzene rings is 1. The van der Waals surface area contributed by atoms with Crippen molar-refractivity contribution < 1.29 is 9.53 Å². The van der Waals surface area contributed by atoms with Crippen molar-refractivity contribution in [3.63, 3.8) is 0 Å². The third kappa shape index (κ3) is 3.29. The van der Waals surface area contributed by atoms with Gasteiger partial charge in [-0.05, 0) is 24.6 Å². The molecule has 0 fully saturated rings. The second-order valence-corrected chi connectivity index (χ2v) is 7.92. The number of unbranched alkanes of at least 4 members (excludes halogenated alkanes) is 1. The van der Waals surface area contributed by atoms with Crippen LogP contribution in [0.1, 0.15) is 40.0 Å². The van der Waals surface area contributed by atoms with Crippen LogP contribution in [0.4, 0.5) is 5.13 Å². The second-order valence-electron chi connectivity index (χ2n) is 5.81. The van der Waals surface area contributed by atoms with Crippen molar-refractivity contribution in [2.75, 3.05) is 5.32 Å². The van der Waals surface area contributed by atoms with Gasteiger partial charge in [-0.2, -0.15) is 0 Å². The van der Waals surface area contributed by atoms with Gasteiger partial charge < -0.3 is 4.74 Å². The van der Waals surface area contributed by atoms with Gasteiger partial charge >= 0.3 is 0 Å². The lowest BCUT2D eigenvalue weighted by Gasteiger charge is -2.16. The van der Waals surface area contributed by atoms with Crippen LogP contribution >= 0.6 is 22.7 Å². The number of anilines is 1. The Hall–Kier alpha value is -2.25. The van der Waals surface area contributed by atoms with Crippen molar-refractivity contribution >= 4 is 33.7 Å². The van der Waals surface area contributed by atoms with Gasteiger partial charge in [0, 0.05) is 22.4 Å². The Bertz CT molecular complexity index is 917. The quantitative estimate of drug-likeness (QED) is 0.703. The zero-order valence-corrected chi connectivity index (χ0v) is 15.4. The normalized spacial score (nSPS) is 12.2. The van der Waals surface area contributed by atoms with Crippen LogP contribution in [0.15, 0.2) is 30.3 Å². The van der Waals surface area contributed by atoms with E-state index in [-0.39, 0.29) is 5.91 Å². The van der Waals surface area contributed by atoms with E-state index in [4.69, 9.17) is 4.74 Å². The van der Waals surface area contributed by atoms with Crippen LogP contribution < -0.4 is 10.1 Å². The highest BCUT2D eigenvalue weighted by atomic mass is 32.1. The fourth-order valence-electron chi connectivity index (χ4n) is 2.70. The second kappa shape index (κ2) is 6.93. The predicted molar refractivity (Wildman–Crippen MR) is 101 cm³/mol. The van der Waals surface area contributed by atoms with E-state index in [0.29, 0.717) is 16.6 Å². The van der Waals surface area contributed by atoms with Crippen molar-refractivity contribution in [2.24, 2.45) is 0 Å². The summed E-state index contributed by atoms with van der Waals surface area (Å²) >= 11 is 2.94. The number of para-hydroxylation sites is 1. The van der Waals surface area contributed by atoms with Crippen molar-refractivity contribution in [3.8, 4) is 16.2 Å². The molecule has 128 valence electrons. The summed E-state index contributed by atoms with van der Waals surface area (Å²) in [6.07, 6.45) is 3.11. The van der Waals surface area contributed by atoms with E-state index in [0.717, 1.165) is 46.0 Å². The standard InChI is InChI=1S/C18H17N3O2S2/c1-2-3-8-15-20-21-18(25-15)19-17(22)14-9-11-10-23-13-7-5-4-6-12(13)16(11)24-14/h4-7,9H,2-3,8,10H2,1H3,(H,19,21,22). The van der Waals surface area contributed by atoms with Crippen molar-refractivity contribution in [1.29, 1.82) is 0 Å². The van der Waals surface area contributed by atoms with E-state index in [1.807, 2.05) is 30.3 Å². The monoisotopic (exact) mass is 371 g/mol. The number of rotatable bonds is 5. The zero-order valence-electron chi connectivity index (χ0n) is 13.7. The number of ether oxygens (including phenoxy) is 1. The topological polar surface area (TPSA) is 64.1 Å². The fourth-order valence-corrected chi connectivity index (χ4v) is 4.57. The first-order chi connectivity index (χ1) is 12.2. The molecular formula is C18H17N3O2S2. The predicted octanol–water partition coefficient (Wildman–Crippen LogP) is 4.75. The summed E-state index contributed by atoms with van der Waals surface area (Å²) in [6.45, 7) is 2.64. The smallest absolute Gasteiger partial charge is 0.267 e. The number of carbonyl (C=O) groups excluding carboxylic acids is 1. The third-order valence-corrected chi connectivity index (χ3v) is 6.09. The molecule has 7 heteroatoms. The number of nitrogens with one attached hydrogen (secondary N) is 1. The number of thiophene rings is 1. The lowest BCUT2D eigenvalue weighted by atomic mass is 10.1. The van der Waals surface area contributed by atoms with Crippen LogP contribution in [-0.2, 0) is 13.0 Å². The van der Waals surface area contributed by atoms with E-state index < -0.39 is 0 Å². The Morgan fingerprint density at radius 1 is 1.28 bits per heavy atom. The molecule has 1 aliphatic heterocycles. The SMILES string of the molecule is CCCCc1nnc(NC(=O)c2cc3c(s2)-c2ccccc2OC3)s1. The molecule has 3 heterocycles. The number of aromatic nitrogens is 2. The van der Waals surface area contributed by atoms with Gasteiger partial charge in [-0.1, -0.05) is 36.8 Å².